The van der Waals surface area contributed by atoms with Crippen LogP contribution in [0.3, 0.4) is 0 Å². The third-order valence-electron chi connectivity index (χ3n) is 3.90. The molecular weight excluding hydrogens is 334 g/mol. The number of carboxylic acid groups (broad SMARTS) is 1. The van der Waals surface area contributed by atoms with Gasteiger partial charge < -0.3 is 31.7 Å². The molecule has 0 spiro atoms. The van der Waals surface area contributed by atoms with E-state index in [1.807, 2.05) is 0 Å². The van der Waals surface area contributed by atoms with Crippen LogP contribution >= 0.6 is 0 Å². The van der Waals surface area contributed by atoms with E-state index in [-0.39, 0.29) is 17.0 Å². The zero-order valence-corrected chi connectivity index (χ0v) is 13.1. The molecule has 3 rings (SSSR count). The van der Waals surface area contributed by atoms with E-state index in [0.717, 1.165) is 0 Å². The molecule has 0 radical (unpaired) electrons. The average Bonchev–Trinajstić information content (AvgIpc) is 3.10. The minimum Gasteiger partial charge on any atom is -0.479 e. The summed E-state index contributed by atoms with van der Waals surface area (Å²) in [6.07, 6.45) is -1.48. The number of amides is 1. The Balaban J connectivity index is 1.96. The van der Waals surface area contributed by atoms with Crippen LogP contribution in [0.1, 0.15) is 13.2 Å². The maximum Gasteiger partial charge on any atom is 0.335 e. The van der Waals surface area contributed by atoms with Crippen molar-refractivity contribution in [2.75, 3.05) is 5.73 Å². The van der Waals surface area contributed by atoms with Crippen LogP contribution < -0.4 is 16.8 Å². The molecule has 1 saturated heterocycles. The summed E-state index contributed by atoms with van der Waals surface area (Å²) in [5, 5.41) is 22.3. The van der Waals surface area contributed by atoms with Gasteiger partial charge in [-0.3, -0.25) is 9.36 Å². The Morgan fingerprint density at radius 2 is 2.12 bits per heavy atom. The number of carboxylic acids is 1. The molecular formula is C13H17N7O5. The van der Waals surface area contributed by atoms with E-state index in [1.165, 1.54) is 24.1 Å². The molecule has 12 heteroatoms. The minimum absolute atomic E-state index is 0.132. The smallest absolute Gasteiger partial charge is 0.335 e. The van der Waals surface area contributed by atoms with Crippen LogP contribution in [0.25, 0.3) is 11.2 Å². The number of aliphatic hydroxyl groups excluding tert-OH is 1. The lowest BCUT2D eigenvalue weighted by Crippen LogP contribution is -2.53. The second kappa shape index (κ2) is 6.23. The van der Waals surface area contributed by atoms with Crippen molar-refractivity contribution in [3.05, 3.63) is 12.7 Å². The number of carbonyl (C=O) groups is 2. The normalized spacial score (nSPS) is 27.3. The Morgan fingerprint density at radius 1 is 1.40 bits per heavy atom. The van der Waals surface area contributed by atoms with Crippen LogP contribution in [-0.4, -0.2) is 65.9 Å². The largest absolute Gasteiger partial charge is 0.479 e. The average molecular weight is 351 g/mol. The highest BCUT2D eigenvalue weighted by atomic mass is 16.6. The number of hydrogen-bond acceptors (Lipinski definition) is 9. The first kappa shape index (κ1) is 17.0. The summed E-state index contributed by atoms with van der Waals surface area (Å²) < 4.78 is 6.78. The van der Waals surface area contributed by atoms with Crippen molar-refractivity contribution in [2.24, 2.45) is 5.73 Å². The molecule has 0 saturated carbocycles. The lowest BCUT2D eigenvalue weighted by molar-refractivity contribution is -0.152. The first-order valence-corrected chi connectivity index (χ1v) is 7.36. The Labute approximate surface area is 140 Å². The summed E-state index contributed by atoms with van der Waals surface area (Å²) in [5.41, 5.74) is 11.7. The molecule has 0 bridgehead atoms. The van der Waals surface area contributed by atoms with Gasteiger partial charge in [0, 0.05) is 0 Å². The highest BCUT2D eigenvalue weighted by molar-refractivity contribution is 5.83. The molecule has 5 atom stereocenters. The summed E-state index contributed by atoms with van der Waals surface area (Å²) in [4.78, 5) is 35.1. The first-order valence-electron chi connectivity index (χ1n) is 7.36. The van der Waals surface area contributed by atoms with Gasteiger partial charge in [0.1, 0.15) is 17.9 Å². The number of anilines is 1. The summed E-state index contributed by atoms with van der Waals surface area (Å²) in [5.74, 6) is -1.82. The van der Waals surface area contributed by atoms with E-state index in [1.54, 1.807) is 0 Å². The van der Waals surface area contributed by atoms with Crippen molar-refractivity contribution < 1.29 is 24.5 Å². The van der Waals surface area contributed by atoms with E-state index < -0.39 is 42.4 Å². The Kier molecular flexibility index (Phi) is 4.24. The van der Waals surface area contributed by atoms with Crippen LogP contribution in [0.4, 0.5) is 5.82 Å². The van der Waals surface area contributed by atoms with E-state index in [0.29, 0.717) is 0 Å². The molecule has 1 aliphatic rings. The molecule has 1 amide bonds. The number of fused-ring (bicyclic) bond motifs is 1. The van der Waals surface area contributed by atoms with E-state index in [2.05, 4.69) is 20.3 Å². The van der Waals surface area contributed by atoms with Crippen molar-refractivity contribution in [1.29, 1.82) is 0 Å². The number of nitrogens with one attached hydrogen (secondary N) is 1. The van der Waals surface area contributed by atoms with Gasteiger partial charge in [0.2, 0.25) is 5.91 Å². The zero-order valence-electron chi connectivity index (χ0n) is 13.1. The lowest BCUT2D eigenvalue weighted by Gasteiger charge is -2.21. The molecule has 0 aliphatic carbocycles. The number of ether oxygens (including phenoxy) is 1. The van der Waals surface area contributed by atoms with Gasteiger partial charge in [-0.05, 0) is 6.92 Å². The third-order valence-corrected chi connectivity index (χ3v) is 3.90. The standard InChI is InChI=1S/C13H17N7O5/c1-4(14)11(22)19-5-7(21)12(25-8(5)13(23)24)20-3-18-6-9(15)16-2-17-10(6)20/h2-5,7-8,12,21H,14H2,1H3,(H,19,22)(H,23,24)(H2,15,16,17)/t4-,5-,7+,8-,12+/m0/s1. The lowest BCUT2D eigenvalue weighted by atomic mass is 10.1. The van der Waals surface area contributed by atoms with E-state index in [9.17, 15) is 19.8 Å². The molecule has 2 aromatic heterocycles. The molecule has 1 fully saturated rings. The summed E-state index contributed by atoms with van der Waals surface area (Å²) >= 11 is 0. The molecule has 0 unspecified atom stereocenters. The van der Waals surface area contributed by atoms with E-state index in [4.69, 9.17) is 16.2 Å². The van der Waals surface area contributed by atoms with Gasteiger partial charge in [-0.15, -0.1) is 0 Å². The van der Waals surface area contributed by atoms with Crippen molar-refractivity contribution in [2.45, 2.75) is 37.4 Å². The topological polar surface area (TPSA) is 191 Å². The van der Waals surface area contributed by atoms with Gasteiger partial charge in [0.15, 0.2) is 23.8 Å². The molecule has 2 aromatic rings. The second-order valence-corrected chi connectivity index (χ2v) is 5.68. The predicted octanol–water partition coefficient (Wildman–Crippen LogP) is -2.42. The quantitative estimate of drug-likeness (QED) is 0.396. The van der Waals surface area contributed by atoms with Gasteiger partial charge in [-0.1, -0.05) is 0 Å². The number of aliphatic carboxylic acids is 1. The van der Waals surface area contributed by atoms with Gasteiger partial charge in [-0.25, -0.2) is 19.7 Å². The molecule has 0 aromatic carbocycles. The minimum atomic E-state index is -1.47. The number of carbonyl (C=O) groups excluding carboxylic acids is 1. The number of rotatable bonds is 4. The zero-order chi connectivity index (χ0) is 18.3. The number of aliphatic hydroxyl groups is 1. The van der Waals surface area contributed by atoms with Crippen molar-refractivity contribution in [3.63, 3.8) is 0 Å². The maximum atomic E-state index is 11.8. The van der Waals surface area contributed by atoms with Crippen LogP contribution in [0.5, 0.6) is 0 Å². The number of nitrogens with two attached hydrogens (primary N) is 2. The summed E-state index contributed by atoms with van der Waals surface area (Å²) in [6.45, 7) is 1.44. The highest BCUT2D eigenvalue weighted by Crippen LogP contribution is 2.32. The van der Waals surface area contributed by atoms with Crippen molar-refractivity contribution >= 4 is 28.9 Å². The SMILES string of the molecule is C[C@H](N)C(=O)N[C@H]1[C@@H](O)[C@H](n2cnc3c(N)ncnc32)O[C@@H]1C(=O)O. The fraction of sp³-hybridized carbons (Fsp3) is 0.462. The molecule has 7 N–H and O–H groups in total. The number of aromatic nitrogens is 4. The molecule has 25 heavy (non-hydrogen) atoms. The maximum absolute atomic E-state index is 11.8. The monoisotopic (exact) mass is 351 g/mol. The number of nitrogens with zero attached hydrogens (tertiary/aromatic N) is 4. The van der Waals surface area contributed by atoms with Crippen LogP contribution in [-0.2, 0) is 14.3 Å². The predicted molar refractivity (Wildman–Crippen MR) is 82.9 cm³/mol. The Bertz CT molecular complexity index is 822. The number of imidazole rings is 1. The molecule has 134 valence electrons. The third kappa shape index (κ3) is 2.86. The number of hydrogen-bond donors (Lipinski definition) is 5. The van der Waals surface area contributed by atoms with Crippen LogP contribution in [0, 0.1) is 0 Å². The number of nitrogen functional groups attached to an aromatic ring is 1. The van der Waals surface area contributed by atoms with Crippen LogP contribution in [0.15, 0.2) is 12.7 Å². The Hall–Kier alpha value is -2.83. The van der Waals surface area contributed by atoms with Gasteiger partial charge in [0.25, 0.3) is 0 Å². The van der Waals surface area contributed by atoms with Gasteiger partial charge in [-0.2, -0.15) is 0 Å². The molecule has 1 aliphatic heterocycles. The van der Waals surface area contributed by atoms with Gasteiger partial charge in [0.05, 0.1) is 18.4 Å². The second-order valence-electron chi connectivity index (χ2n) is 5.68. The molecule has 3 heterocycles. The highest BCUT2D eigenvalue weighted by Gasteiger charge is 2.49. The van der Waals surface area contributed by atoms with Crippen molar-refractivity contribution in [1.82, 2.24) is 24.8 Å². The summed E-state index contributed by atoms with van der Waals surface area (Å²) in [7, 11) is 0. The van der Waals surface area contributed by atoms with E-state index >= 15 is 0 Å². The van der Waals surface area contributed by atoms with Gasteiger partial charge >= 0.3 is 5.97 Å². The first-order chi connectivity index (χ1) is 11.8. The fourth-order valence-electron chi connectivity index (χ4n) is 2.63. The summed E-state index contributed by atoms with van der Waals surface area (Å²) in [6, 6.07) is -2.07. The molecule has 12 nitrogen and oxygen atoms in total. The van der Waals surface area contributed by atoms with Crippen molar-refractivity contribution in [3.8, 4) is 0 Å². The Morgan fingerprint density at radius 3 is 2.76 bits per heavy atom. The fourth-order valence-corrected chi connectivity index (χ4v) is 2.63. The van der Waals surface area contributed by atoms with Crippen LogP contribution in [0.2, 0.25) is 0 Å².